The Morgan fingerprint density at radius 3 is 2.62 bits per heavy atom. The van der Waals surface area contributed by atoms with Crippen molar-refractivity contribution >= 4 is 23.0 Å². The fraction of sp³-hybridized carbons (Fsp3) is 0.292. The van der Waals surface area contributed by atoms with Crippen LogP contribution in [0.5, 0.6) is 0 Å². The summed E-state index contributed by atoms with van der Waals surface area (Å²) >= 11 is 0. The number of nitrogens with one attached hydrogen (secondary N) is 2. The third kappa shape index (κ3) is 5.87. The number of anilines is 3. The summed E-state index contributed by atoms with van der Waals surface area (Å²) in [5.41, 5.74) is 3.63. The van der Waals surface area contributed by atoms with Crippen molar-refractivity contribution in [2.75, 3.05) is 36.9 Å². The normalized spacial score (nSPS) is 14.2. The molecule has 8 heteroatoms. The topological polar surface area (TPSA) is 79.4 Å². The molecule has 0 atom stereocenters. The number of Topliss-reactive ketones (excluding diaryl/α,β-unsaturated/α-hetero) is 1. The second-order valence-corrected chi connectivity index (χ2v) is 7.75. The van der Waals surface area contributed by atoms with Crippen molar-refractivity contribution in [2.24, 2.45) is 0 Å². The molecule has 0 spiro atoms. The first-order chi connectivity index (χ1) is 15.6. The van der Waals surface area contributed by atoms with Gasteiger partial charge in [0.2, 0.25) is 0 Å². The number of benzene rings is 2. The summed E-state index contributed by atoms with van der Waals surface area (Å²) in [7, 11) is 0. The van der Waals surface area contributed by atoms with Crippen molar-refractivity contribution in [1.29, 1.82) is 0 Å². The number of hydrogen-bond acceptors (Lipinski definition) is 7. The number of carbonyl (C=O) groups excluding carboxylic acids is 1. The van der Waals surface area contributed by atoms with Crippen LogP contribution in [-0.2, 0) is 17.8 Å². The average Bonchev–Trinajstić information content (AvgIpc) is 2.79. The number of morpholine rings is 1. The Morgan fingerprint density at radius 2 is 1.84 bits per heavy atom. The third-order valence-electron chi connectivity index (χ3n) is 5.21. The van der Waals surface area contributed by atoms with E-state index in [4.69, 9.17) is 4.74 Å². The van der Waals surface area contributed by atoms with Crippen LogP contribution in [0.4, 0.5) is 21.6 Å². The van der Waals surface area contributed by atoms with Gasteiger partial charge in [-0.25, -0.2) is 4.39 Å². The van der Waals surface area contributed by atoms with Crippen LogP contribution in [0.15, 0.2) is 54.6 Å². The van der Waals surface area contributed by atoms with Crippen molar-refractivity contribution in [3.63, 3.8) is 0 Å². The van der Waals surface area contributed by atoms with E-state index in [1.54, 1.807) is 12.1 Å². The Balaban J connectivity index is 1.48. The quantitative estimate of drug-likeness (QED) is 0.518. The van der Waals surface area contributed by atoms with Crippen LogP contribution >= 0.6 is 0 Å². The second kappa shape index (κ2) is 10.3. The molecule has 0 amide bonds. The van der Waals surface area contributed by atoms with Gasteiger partial charge in [0, 0.05) is 44.9 Å². The minimum atomic E-state index is -0.303. The second-order valence-electron chi connectivity index (χ2n) is 7.75. The van der Waals surface area contributed by atoms with E-state index < -0.39 is 0 Å². The molecule has 0 saturated carbocycles. The minimum absolute atomic E-state index is 0.196. The fourth-order valence-electron chi connectivity index (χ4n) is 3.60. The molecule has 3 aromatic rings. The number of rotatable bonds is 8. The summed E-state index contributed by atoms with van der Waals surface area (Å²) in [6.07, 6.45) is 0. The number of ether oxygens (including phenoxy) is 1. The smallest absolute Gasteiger partial charge is 0.182 e. The van der Waals surface area contributed by atoms with Gasteiger partial charge in [0.05, 0.1) is 18.9 Å². The molecular formula is C24H26FN5O2. The van der Waals surface area contributed by atoms with Crippen molar-refractivity contribution in [1.82, 2.24) is 15.1 Å². The van der Waals surface area contributed by atoms with E-state index in [1.807, 2.05) is 18.2 Å². The van der Waals surface area contributed by atoms with Crippen LogP contribution in [0.2, 0.25) is 0 Å². The van der Waals surface area contributed by atoms with Gasteiger partial charge in [0.25, 0.3) is 0 Å². The molecule has 32 heavy (non-hydrogen) atoms. The zero-order chi connectivity index (χ0) is 22.3. The number of hydrogen-bond donors (Lipinski definition) is 2. The van der Waals surface area contributed by atoms with Gasteiger partial charge >= 0.3 is 0 Å². The first-order valence-electron chi connectivity index (χ1n) is 10.6. The first kappa shape index (κ1) is 21.9. The molecule has 1 fully saturated rings. The predicted molar refractivity (Wildman–Crippen MR) is 122 cm³/mol. The van der Waals surface area contributed by atoms with Crippen molar-refractivity contribution in [3.05, 3.63) is 77.2 Å². The van der Waals surface area contributed by atoms with E-state index in [2.05, 4.69) is 37.9 Å². The lowest BCUT2D eigenvalue weighted by Crippen LogP contribution is -2.35. The summed E-state index contributed by atoms with van der Waals surface area (Å²) in [4.78, 5) is 14.4. The summed E-state index contributed by atoms with van der Waals surface area (Å²) in [6.45, 7) is 6.04. The van der Waals surface area contributed by atoms with Crippen molar-refractivity contribution in [3.8, 4) is 0 Å². The molecule has 1 saturated heterocycles. The number of nitrogens with zero attached hydrogens (tertiary/aromatic N) is 3. The lowest BCUT2D eigenvalue weighted by Gasteiger charge is -2.26. The highest BCUT2D eigenvalue weighted by Gasteiger charge is 2.13. The van der Waals surface area contributed by atoms with Gasteiger partial charge < -0.3 is 15.4 Å². The Labute approximate surface area is 186 Å². The van der Waals surface area contributed by atoms with Gasteiger partial charge in [-0.2, -0.15) is 0 Å². The average molecular weight is 436 g/mol. The maximum absolute atomic E-state index is 13.5. The van der Waals surface area contributed by atoms with Gasteiger partial charge in [-0.05, 0) is 35.4 Å². The molecule has 166 valence electrons. The highest BCUT2D eigenvalue weighted by atomic mass is 19.1. The Morgan fingerprint density at radius 1 is 1.06 bits per heavy atom. The lowest BCUT2D eigenvalue weighted by molar-refractivity contribution is 0.0342. The molecule has 2 aromatic carbocycles. The van der Waals surface area contributed by atoms with Gasteiger partial charge in [0.1, 0.15) is 5.82 Å². The van der Waals surface area contributed by atoms with Gasteiger partial charge in [0.15, 0.2) is 17.3 Å². The molecule has 7 nitrogen and oxygen atoms in total. The predicted octanol–water partition coefficient (Wildman–Crippen LogP) is 4.01. The summed E-state index contributed by atoms with van der Waals surface area (Å²) in [5.74, 6) is 0.0156. The Kier molecular flexibility index (Phi) is 7.03. The molecule has 2 N–H and O–H groups in total. The standard InChI is InChI=1S/C24H26FN5O2/c1-17(31)24-22(26-15-18-4-2-6-20(25)12-18)14-23(28-29-24)27-21-7-3-5-19(13-21)16-30-8-10-32-11-9-30/h2-7,12-14H,8-11,15-16H2,1H3,(H2,26,27,28). The Hall–Kier alpha value is -3.36. The minimum Gasteiger partial charge on any atom is -0.379 e. The zero-order valence-electron chi connectivity index (χ0n) is 18.0. The summed E-state index contributed by atoms with van der Waals surface area (Å²) in [6, 6.07) is 16.2. The van der Waals surface area contributed by atoms with Crippen LogP contribution < -0.4 is 10.6 Å². The largest absolute Gasteiger partial charge is 0.379 e. The molecule has 2 heterocycles. The number of ketones is 1. The molecular weight excluding hydrogens is 409 g/mol. The highest BCUT2D eigenvalue weighted by molar-refractivity contribution is 5.97. The molecule has 0 aliphatic carbocycles. The van der Waals surface area contributed by atoms with Gasteiger partial charge in [-0.1, -0.05) is 24.3 Å². The monoisotopic (exact) mass is 435 g/mol. The molecule has 1 aliphatic heterocycles. The van der Waals surface area contributed by atoms with Crippen molar-refractivity contribution in [2.45, 2.75) is 20.0 Å². The molecule has 0 radical (unpaired) electrons. The van der Waals surface area contributed by atoms with E-state index >= 15 is 0 Å². The molecule has 1 aromatic heterocycles. The number of carbonyl (C=O) groups is 1. The number of halogens is 1. The van der Waals surface area contributed by atoms with E-state index in [-0.39, 0.29) is 17.3 Å². The van der Waals surface area contributed by atoms with Crippen LogP contribution in [0.25, 0.3) is 0 Å². The van der Waals surface area contributed by atoms with E-state index in [1.165, 1.54) is 24.6 Å². The molecule has 0 unspecified atom stereocenters. The van der Waals surface area contributed by atoms with E-state index in [9.17, 15) is 9.18 Å². The summed E-state index contributed by atoms with van der Waals surface area (Å²) < 4.78 is 18.9. The molecule has 0 bridgehead atoms. The van der Waals surface area contributed by atoms with E-state index in [0.717, 1.165) is 44.1 Å². The fourth-order valence-corrected chi connectivity index (χ4v) is 3.60. The van der Waals surface area contributed by atoms with Crippen LogP contribution in [-0.4, -0.2) is 47.2 Å². The van der Waals surface area contributed by atoms with Crippen LogP contribution in [0.1, 0.15) is 28.5 Å². The van der Waals surface area contributed by atoms with Gasteiger partial charge in [-0.3, -0.25) is 9.69 Å². The summed E-state index contributed by atoms with van der Waals surface area (Å²) in [5, 5.41) is 14.7. The lowest BCUT2D eigenvalue weighted by atomic mass is 10.1. The highest BCUT2D eigenvalue weighted by Crippen LogP contribution is 2.22. The van der Waals surface area contributed by atoms with E-state index in [0.29, 0.717) is 18.1 Å². The zero-order valence-corrected chi connectivity index (χ0v) is 18.0. The maximum Gasteiger partial charge on any atom is 0.182 e. The van der Waals surface area contributed by atoms with Crippen LogP contribution in [0.3, 0.4) is 0 Å². The Bertz CT molecular complexity index is 1090. The van der Waals surface area contributed by atoms with Crippen molar-refractivity contribution < 1.29 is 13.9 Å². The first-order valence-corrected chi connectivity index (χ1v) is 10.6. The van der Waals surface area contributed by atoms with Crippen LogP contribution in [0, 0.1) is 5.82 Å². The van der Waals surface area contributed by atoms with Gasteiger partial charge in [-0.15, -0.1) is 10.2 Å². The molecule has 4 rings (SSSR count). The molecule has 1 aliphatic rings. The SMILES string of the molecule is CC(=O)c1nnc(Nc2cccc(CN3CCOCC3)c2)cc1NCc1cccc(F)c1. The maximum atomic E-state index is 13.5. The third-order valence-corrected chi connectivity index (χ3v) is 5.21. The number of aromatic nitrogens is 2.